The summed E-state index contributed by atoms with van der Waals surface area (Å²) < 4.78 is 5.06. The van der Waals surface area contributed by atoms with Crippen LogP contribution in [0.1, 0.15) is 0 Å². The molecule has 92 valence electrons. The highest BCUT2D eigenvalue weighted by atomic mass is 16.6. The molecule has 0 saturated carbocycles. The Labute approximate surface area is 103 Å². The summed E-state index contributed by atoms with van der Waals surface area (Å²) in [7, 11) is 1.52. The predicted octanol–water partition coefficient (Wildman–Crippen LogP) is 2.98. The lowest BCUT2D eigenvalue weighted by Crippen LogP contribution is -1.89. The second-order valence-corrected chi connectivity index (χ2v) is 3.69. The summed E-state index contributed by atoms with van der Waals surface area (Å²) in [5, 5.41) is 20.5. The molecule has 0 saturated heterocycles. The summed E-state index contributed by atoms with van der Waals surface area (Å²) in [4.78, 5) is 10.2. The average Bonchev–Trinajstić information content (AvgIpc) is 2.39. The monoisotopic (exact) mass is 245 g/mol. The van der Waals surface area contributed by atoms with Crippen molar-refractivity contribution in [2.75, 3.05) is 7.11 Å². The fourth-order valence-electron chi connectivity index (χ4n) is 1.66. The van der Waals surface area contributed by atoms with Crippen molar-refractivity contribution < 1.29 is 14.8 Å². The molecule has 2 rings (SSSR count). The Morgan fingerprint density at radius 2 is 2.00 bits per heavy atom. The van der Waals surface area contributed by atoms with Crippen LogP contribution in [0.15, 0.2) is 42.5 Å². The van der Waals surface area contributed by atoms with E-state index in [1.807, 2.05) is 0 Å². The van der Waals surface area contributed by atoms with Crippen LogP contribution in [-0.2, 0) is 0 Å². The topological polar surface area (TPSA) is 72.6 Å². The van der Waals surface area contributed by atoms with Crippen LogP contribution in [-0.4, -0.2) is 17.1 Å². The zero-order valence-electron chi connectivity index (χ0n) is 9.66. The van der Waals surface area contributed by atoms with Gasteiger partial charge in [-0.15, -0.1) is 0 Å². The maximum Gasteiger partial charge on any atom is 0.270 e. The second-order valence-electron chi connectivity index (χ2n) is 3.69. The van der Waals surface area contributed by atoms with Gasteiger partial charge in [0.25, 0.3) is 5.69 Å². The van der Waals surface area contributed by atoms with Gasteiger partial charge in [-0.25, -0.2) is 0 Å². The van der Waals surface area contributed by atoms with Crippen molar-refractivity contribution in [1.82, 2.24) is 0 Å². The van der Waals surface area contributed by atoms with E-state index in [4.69, 9.17) is 4.74 Å². The maximum absolute atomic E-state index is 10.7. The van der Waals surface area contributed by atoms with Gasteiger partial charge < -0.3 is 9.84 Å². The molecule has 0 aromatic heterocycles. The van der Waals surface area contributed by atoms with Crippen molar-refractivity contribution in [1.29, 1.82) is 0 Å². The van der Waals surface area contributed by atoms with Gasteiger partial charge in [-0.3, -0.25) is 10.1 Å². The number of nitro groups is 1. The number of methoxy groups -OCH3 is 1. The molecule has 0 heterocycles. The molecule has 0 atom stereocenters. The van der Waals surface area contributed by atoms with E-state index < -0.39 is 4.92 Å². The molecule has 0 aliphatic rings. The van der Waals surface area contributed by atoms with E-state index in [-0.39, 0.29) is 11.4 Å². The highest BCUT2D eigenvalue weighted by molar-refractivity contribution is 5.73. The van der Waals surface area contributed by atoms with Gasteiger partial charge in [0.1, 0.15) is 11.5 Å². The molecule has 2 aromatic carbocycles. The lowest BCUT2D eigenvalue weighted by molar-refractivity contribution is -0.384. The quantitative estimate of drug-likeness (QED) is 0.666. The van der Waals surface area contributed by atoms with E-state index in [0.29, 0.717) is 16.9 Å². The molecule has 0 bridgehead atoms. The number of rotatable bonds is 3. The molecule has 0 aliphatic carbocycles. The molecule has 5 heteroatoms. The van der Waals surface area contributed by atoms with E-state index in [0.717, 1.165) is 0 Å². The van der Waals surface area contributed by atoms with Gasteiger partial charge in [-0.05, 0) is 23.8 Å². The first kappa shape index (κ1) is 11.9. The van der Waals surface area contributed by atoms with Gasteiger partial charge in [-0.2, -0.15) is 0 Å². The third-order valence-electron chi connectivity index (χ3n) is 2.57. The molecule has 0 aliphatic heterocycles. The fraction of sp³-hybridized carbons (Fsp3) is 0.0769. The average molecular weight is 245 g/mol. The molecular formula is C13H11NO4. The molecule has 18 heavy (non-hydrogen) atoms. The summed E-state index contributed by atoms with van der Waals surface area (Å²) >= 11 is 0. The van der Waals surface area contributed by atoms with Crippen LogP contribution in [0, 0.1) is 10.1 Å². The van der Waals surface area contributed by atoms with Crippen molar-refractivity contribution >= 4 is 5.69 Å². The number of phenols is 1. The first-order valence-corrected chi connectivity index (χ1v) is 5.23. The molecular weight excluding hydrogens is 234 g/mol. The standard InChI is InChI=1S/C13H11NO4/c1-18-11-5-6-13(15)12(8-11)9-3-2-4-10(7-9)14(16)17/h2-8,15H,1H3. The van der Waals surface area contributed by atoms with Crippen molar-refractivity contribution in [3.63, 3.8) is 0 Å². The first-order valence-electron chi connectivity index (χ1n) is 5.23. The molecule has 0 amide bonds. The second kappa shape index (κ2) is 4.75. The number of phenolic OH excluding ortho intramolecular Hbond substituents is 1. The van der Waals surface area contributed by atoms with Gasteiger partial charge in [0.2, 0.25) is 0 Å². The lowest BCUT2D eigenvalue weighted by Gasteiger charge is -2.07. The predicted molar refractivity (Wildman–Crippen MR) is 66.7 cm³/mol. The van der Waals surface area contributed by atoms with E-state index in [9.17, 15) is 15.2 Å². The third kappa shape index (κ3) is 2.24. The molecule has 0 radical (unpaired) electrons. The summed E-state index contributed by atoms with van der Waals surface area (Å²) in [6.07, 6.45) is 0. The van der Waals surface area contributed by atoms with Crippen LogP contribution < -0.4 is 4.74 Å². The van der Waals surface area contributed by atoms with Gasteiger partial charge in [0, 0.05) is 17.7 Å². The Morgan fingerprint density at radius 3 is 2.67 bits per heavy atom. The Morgan fingerprint density at radius 1 is 1.22 bits per heavy atom. The summed E-state index contributed by atoms with van der Waals surface area (Å²) in [5.41, 5.74) is 1.05. The largest absolute Gasteiger partial charge is 0.507 e. The number of benzene rings is 2. The number of ether oxygens (including phenoxy) is 1. The minimum Gasteiger partial charge on any atom is -0.507 e. The molecule has 0 unspecified atom stereocenters. The third-order valence-corrected chi connectivity index (χ3v) is 2.57. The number of nitro benzene ring substituents is 1. The Hall–Kier alpha value is -2.56. The van der Waals surface area contributed by atoms with E-state index in [1.165, 1.54) is 25.3 Å². The SMILES string of the molecule is COc1ccc(O)c(-c2cccc([N+](=O)[O-])c2)c1. The molecule has 2 aromatic rings. The van der Waals surface area contributed by atoms with E-state index in [1.54, 1.807) is 24.3 Å². The zero-order valence-corrected chi connectivity index (χ0v) is 9.66. The summed E-state index contributed by atoms with van der Waals surface area (Å²) in [5.74, 6) is 0.630. The Bertz CT molecular complexity index is 595. The van der Waals surface area contributed by atoms with Crippen LogP contribution in [0.25, 0.3) is 11.1 Å². The van der Waals surface area contributed by atoms with Crippen molar-refractivity contribution in [3.05, 3.63) is 52.6 Å². The molecule has 1 N–H and O–H groups in total. The molecule has 5 nitrogen and oxygen atoms in total. The Balaban J connectivity index is 2.54. The van der Waals surface area contributed by atoms with Crippen LogP contribution in [0.3, 0.4) is 0 Å². The van der Waals surface area contributed by atoms with E-state index >= 15 is 0 Å². The normalized spacial score (nSPS) is 10.1. The van der Waals surface area contributed by atoms with Crippen LogP contribution in [0.5, 0.6) is 11.5 Å². The minimum absolute atomic E-state index is 0.0188. The number of nitrogens with zero attached hydrogens (tertiary/aromatic N) is 1. The highest BCUT2D eigenvalue weighted by Gasteiger charge is 2.10. The van der Waals surface area contributed by atoms with Crippen molar-refractivity contribution in [2.24, 2.45) is 0 Å². The minimum atomic E-state index is -0.472. The summed E-state index contributed by atoms with van der Waals surface area (Å²) in [6.45, 7) is 0. The van der Waals surface area contributed by atoms with Gasteiger partial charge in [0.15, 0.2) is 0 Å². The zero-order chi connectivity index (χ0) is 13.1. The lowest BCUT2D eigenvalue weighted by atomic mass is 10.0. The summed E-state index contributed by atoms with van der Waals surface area (Å²) in [6, 6.07) is 10.8. The van der Waals surface area contributed by atoms with Gasteiger partial charge >= 0.3 is 0 Å². The van der Waals surface area contributed by atoms with Crippen molar-refractivity contribution in [2.45, 2.75) is 0 Å². The van der Waals surface area contributed by atoms with E-state index in [2.05, 4.69) is 0 Å². The van der Waals surface area contributed by atoms with Gasteiger partial charge in [-0.1, -0.05) is 12.1 Å². The first-order chi connectivity index (χ1) is 8.61. The molecule has 0 fully saturated rings. The number of non-ortho nitro benzene ring substituents is 1. The van der Waals surface area contributed by atoms with Crippen LogP contribution in [0.2, 0.25) is 0 Å². The molecule has 0 spiro atoms. The number of hydrogen-bond donors (Lipinski definition) is 1. The number of hydrogen-bond acceptors (Lipinski definition) is 4. The smallest absolute Gasteiger partial charge is 0.270 e. The highest BCUT2D eigenvalue weighted by Crippen LogP contribution is 2.33. The number of aromatic hydroxyl groups is 1. The Kier molecular flexibility index (Phi) is 3.14. The fourth-order valence-corrected chi connectivity index (χ4v) is 1.66. The van der Waals surface area contributed by atoms with Gasteiger partial charge in [0.05, 0.1) is 12.0 Å². The van der Waals surface area contributed by atoms with Crippen molar-refractivity contribution in [3.8, 4) is 22.6 Å². The maximum atomic E-state index is 10.7. The van der Waals surface area contributed by atoms with Crippen LogP contribution >= 0.6 is 0 Å². The van der Waals surface area contributed by atoms with Crippen LogP contribution in [0.4, 0.5) is 5.69 Å².